The van der Waals surface area contributed by atoms with E-state index in [0.717, 1.165) is 39.4 Å². The first kappa shape index (κ1) is 20.4. The molecule has 1 N–H and O–H groups in total. The lowest BCUT2D eigenvalue weighted by atomic mass is 9.80. The highest BCUT2D eigenvalue weighted by atomic mass is 16.5. The van der Waals surface area contributed by atoms with Gasteiger partial charge in [0.25, 0.3) is 0 Å². The van der Waals surface area contributed by atoms with Gasteiger partial charge in [-0.05, 0) is 50.1 Å². The zero-order chi connectivity index (χ0) is 22.5. The maximum atomic E-state index is 13.2. The Bertz CT molecular complexity index is 1240. The normalized spacial score (nSPS) is 17.6. The largest absolute Gasteiger partial charge is 0.496 e. The summed E-state index contributed by atoms with van der Waals surface area (Å²) in [6, 6.07) is 19.5. The molecule has 2 heterocycles. The van der Waals surface area contributed by atoms with Gasteiger partial charge in [-0.25, -0.2) is 0 Å². The van der Waals surface area contributed by atoms with Gasteiger partial charge >= 0.3 is 0 Å². The molecular weight excluding hydrogens is 398 g/mol. The molecule has 2 aliphatic rings. The second-order valence-corrected chi connectivity index (χ2v) is 9.06. The fraction of sp³-hybridized carbons (Fsp3) is 0.250. The van der Waals surface area contributed by atoms with Crippen molar-refractivity contribution in [3.63, 3.8) is 0 Å². The second kappa shape index (κ2) is 7.56. The van der Waals surface area contributed by atoms with Crippen molar-refractivity contribution in [1.29, 1.82) is 0 Å². The van der Waals surface area contributed by atoms with Gasteiger partial charge in [-0.15, -0.1) is 0 Å². The summed E-state index contributed by atoms with van der Waals surface area (Å²) in [6.45, 7) is 6.45. The number of carbonyl (C=O) groups excluding carboxylic acids is 1. The predicted octanol–water partition coefficient (Wildman–Crippen LogP) is 6.68. The molecule has 0 saturated carbocycles. The Balaban J connectivity index is 1.69. The summed E-state index contributed by atoms with van der Waals surface area (Å²) in [5.74, 6) is 1.58. The molecule has 3 aromatic rings. The number of rotatable bonds is 4. The van der Waals surface area contributed by atoms with Crippen LogP contribution in [0.4, 0.5) is 5.69 Å². The van der Waals surface area contributed by atoms with Crippen molar-refractivity contribution in [3.05, 3.63) is 83.4 Å². The number of ether oxygens (including phenoxy) is 2. The number of hydrogen-bond acceptors (Lipinski definition) is 4. The van der Waals surface area contributed by atoms with E-state index < -0.39 is 6.10 Å². The quantitative estimate of drug-likeness (QED) is 0.474. The smallest absolute Gasteiger partial charge is 0.166 e. The number of ketones is 1. The van der Waals surface area contributed by atoms with Gasteiger partial charge in [-0.1, -0.05) is 48.5 Å². The number of anilines is 1. The number of benzene rings is 3. The molecule has 0 aliphatic carbocycles. The molecule has 4 heteroatoms. The molecule has 1 unspecified atom stereocenters. The predicted molar refractivity (Wildman–Crippen MR) is 129 cm³/mol. The monoisotopic (exact) mass is 425 g/mol. The molecule has 2 aliphatic heterocycles. The standard InChI is InChI=1S/C28H27NO3/c1-17-16-28(2,3)29-20-14-13-19-26-22(31-4)11-8-12-23(26)32-24(27(19)25(17)20)15-21(30)18-9-6-5-7-10-18/h5-14,16,24,29H,15H2,1-4H3. The van der Waals surface area contributed by atoms with Crippen LogP contribution < -0.4 is 14.8 Å². The Morgan fingerprint density at radius 1 is 1.03 bits per heavy atom. The Hall–Kier alpha value is -3.53. The Morgan fingerprint density at radius 3 is 2.56 bits per heavy atom. The summed E-state index contributed by atoms with van der Waals surface area (Å²) in [6.07, 6.45) is 2.11. The molecule has 0 spiro atoms. The summed E-state index contributed by atoms with van der Waals surface area (Å²) in [5, 5.41) is 3.63. The molecule has 5 rings (SSSR count). The van der Waals surface area contributed by atoms with E-state index in [2.05, 4.69) is 44.3 Å². The SMILES string of the molecule is COc1cccc2c1-c1ccc3c(c1C(CC(=O)c1ccccc1)O2)C(C)=CC(C)(C)N3. The molecule has 32 heavy (non-hydrogen) atoms. The summed E-state index contributed by atoms with van der Waals surface area (Å²) in [4.78, 5) is 13.2. The molecule has 4 nitrogen and oxygen atoms in total. The molecule has 3 aromatic carbocycles. The molecule has 0 fully saturated rings. The van der Waals surface area contributed by atoms with Gasteiger partial charge in [0.15, 0.2) is 5.78 Å². The first-order chi connectivity index (χ1) is 15.4. The summed E-state index contributed by atoms with van der Waals surface area (Å²) in [7, 11) is 1.67. The first-order valence-electron chi connectivity index (χ1n) is 10.9. The van der Waals surface area contributed by atoms with Crippen LogP contribution in [-0.2, 0) is 0 Å². The van der Waals surface area contributed by atoms with E-state index in [1.165, 1.54) is 5.57 Å². The van der Waals surface area contributed by atoms with E-state index >= 15 is 0 Å². The zero-order valence-electron chi connectivity index (χ0n) is 18.9. The average molecular weight is 426 g/mol. The number of nitrogens with one attached hydrogen (secondary N) is 1. The summed E-state index contributed by atoms with van der Waals surface area (Å²) >= 11 is 0. The maximum Gasteiger partial charge on any atom is 0.166 e. The van der Waals surface area contributed by atoms with Crippen molar-refractivity contribution in [2.45, 2.75) is 38.8 Å². The molecular formula is C28H27NO3. The number of methoxy groups -OCH3 is 1. The van der Waals surface area contributed by atoms with Gasteiger partial charge in [0.1, 0.15) is 17.6 Å². The van der Waals surface area contributed by atoms with Crippen molar-refractivity contribution in [1.82, 2.24) is 0 Å². The van der Waals surface area contributed by atoms with Crippen molar-refractivity contribution >= 4 is 17.0 Å². The van der Waals surface area contributed by atoms with Crippen molar-refractivity contribution < 1.29 is 14.3 Å². The van der Waals surface area contributed by atoms with Crippen molar-refractivity contribution in [2.75, 3.05) is 12.4 Å². The van der Waals surface area contributed by atoms with Gasteiger partial charge in [-0.2, -0.15) is 0 Å². The molecule has 0 radical (unpaired) electrons. The van der Waals surface area contributed by atoms with E-state index in [9.17, 15) is 4.79 Å². The van der Waals surface area contributed by atoms with Crippen LogP contribution in [0.3, 0.4) is 0 Å². The van der Waals surface area contributed by atoms with E-state index in [-0.39, 0.29) is 17.7 Å². The van der Waals surface area contributed by atoms with Gasteiger partial charge in [-0.3, -0.25) is 4.79 Å². The van der Waals surface area contributed by atoms with E-state index in [4.69, 9.17) is 9.47 Å². The number of allylic oxidation sites excluding steroid dienone is 1. The fourth-order valence-electron chi connectivity index (χ4n) is 5.01. The lowest BCUT2D eigenvalue weighted by molar-refractivity contribution is 0.0904. The van der Waals surface area contributed by atoms with Crippen LogP contribution in [0.2, 0.25) is 0 Å². The summed E-state index contributed by atoms with van der Waals surface area (Å²) < 4.78 is 12.2. The highest BCUT2D eigenvalue weighted by Gasteiger charge is 2.35. The minimum Gasteiger partial charge on any atom is -0.496 e. The minimum absolute atomic E-state index is 0.0660. The van der Waals surface area contributed by atoms with Crippen LogP contribution in [0.5, 0.6) is 11.5 Å². The highest BCUT2D eigenvalue weighted by Crippen LogP contribution is 2.52. The molecule has 0 aromatic heterocycles. The maximum absolute atomic E-state index is 13.2. The number of hydrogen-bond donors (Lipinski definition) is 1. The molecule has 0 saturated heterocycles. The third-order valence-electron chi connectivity index (χ3n) is 6.21. The van der Waals surface area contributed by atoms with E-state index in [1.54, 1.807) is 7.11 Å². The average Bonchev–Trinajstić information content (AvgIpc) is 2.77. The van der Waals surface area contributed by atoms with Crippen LogP contribution in [0.1, 0.15) is 54.8 Å². The van der Waals surface area contributed by atoms with E-state index in [1.807, 2.05) is 48.5 Å². The highest BCUT2D eigenvalue weighted by molar-refractivity contribution is 5.98. The molecule has 1 atom stereocenters. The Labute approximate surface area is 188 Å². The van der Waals surface area contributed by atoms with Gasteiger partial charge in [0.05, 0.1) is 24.6 Å². The Morgan fingerprint density at radius 2 is 1.81 bits per heavy atom. The second-order valence-electron chi connectivity index (χ2n) is 9.06. The van der Waals surface area contributed by atoms with Crippen molar-refractivity contribution in [3.8, 4) is 22.6 Å². The fourth-order valence-corrected chi connectivity index (χ4v) is 5.01. The summed E-state index contributed by atoms with van der Waals surface area (Å²) in [5.41, 5.74) is 6.95. The van der Waals surface area contributed by atoms with E-state index in [0.29, 0.717) is 5.56 Å². The van der Waals surface area contributed by atoms with Gasteiger partial charge < -0.3 is 14.8 Å². The molecule has 0 amide bonds. The topological polar surface area (TPSA) is 47.6 Å². The first-order valence-corrected chi connectivity index (χ1v) is 10.9. The van der Waals surface area contributed by atoms with Gasteiger partial charge in [0.2, 0.25) is 0 Å². The third-order valence-corrected chi connectivity index (χ3v) is 6.21. The molecule has 0 bridgehead atoms. The van der Waals surface area contributed by atoms with Crippen LogP contribution in [0.25, 0.3) is 16.7 Å². The van der Waals surface area contributed by atoms with Crippen LogP contribution >= 0.6 is 0 Å². The number of Topliss-reactive ketones (excluding diaryl/α,β-unsaturated/α-hetero) is 1. The third kappa shape index (κ3) is 3.36. The Kier molecular flexibility index (Phi) is 4.81. The van der Waals surface area contributed by atoms with Crippen molar-refractivity contribution in [2.24, 2.45) is 0 Å². The van der Waals surface area contributed by atoms with Crippen LogP contribution in [0, 0.1) is 0 Å². The number of fused-ring (bicyclic) bond motifs is 5. The zero-order valence-corrected chi connectivity index (χ0v) is 18.9. The lowest BCUT2D eigenvalue weighted by Gasteiger charge is -2.37. The number of carbonyl (C=O) groups is 1. The minimum atomic E-state index is -0.390. The van der Waals surface area contributed by atoms with Crippen LogP contribution in [-0.4, -0.2) is 18.4 Å². The molecule has 162 valence electrons. The lowest BCUT2D eigenvalue weighted by Crippen LogP contribution is -2.32. The van der Waals surface area contributed by atoms with Crippen LogP contribution in [0.15, 0.2) is 66.7 Å². The van der Waals surface area contributed by atoms with Gasteiger partial charge in [0, 0.05) is 22.4 Å².